The van der Waals surface area contributed by atoms with Gasteiger partial charge in [-0.05, 0) is 32.0 Å². The van der Waals surface area contributed by atoms with E-state index >= 15 is 0 Å². The van der Waals surface area contributed by atoms with Crippen molar-refractivity contribution in [3.05, 3.63) is 42.5 Å². The molecule has 3 aliphatic rings. The summed E-state index contributed by atoms with van der Waals surface area (Å²) in [5.41, 5.74) is 1.90. The summed E-state index contributed by atoms with van der Waals surface area (Å²) < 4.78 is 20.0. The van der Waals surface area contributed by atoms with Crippen molar-refractivity contribution >= 4 is 22.7 Å². The Labute approximate surface area is 172 Å². The molecule has 152 valence electrons. The molecular formula is C21H19N5O4. The molecule has 1 spiro atoms. The normalized spacial score (nSPS) is 33.1. The molecule has 9 nitrogen and oxygen atoms in total. The zero-order valence-electron chi connectivity index (χ0n) is 16.3. The van der Waals surface area contributed by atoms with Gasteiger partial charge in [0.05, 0.1) is 6.33 Å². The van der Waals surface area contributed by atoms with Crippen LogP contribution in [0.15, 0.2) is 36.9 Å². The topological polar surface area (TPSA) is 104 Å². The molecule has 1 saturated carbocycles. The van der Waals surface area contributed by atoms with Crippen LogP contribution in [0, 0.1) is 12.3 Å². The Morgan fingerprint density at radius 2 is 2.10 bits per heavy atom. The Morgan fingerprint density at radius 3 is 2.93 bits per heavy atom. The summed E-state index contributed by atoms with van der Waals surface area (Å²) in [5, 5.41) is 13.6. The van der Waals surface area contributed by atoms with Crippen LogP contribution < -0.4 is 5.32 Å². The molecule has 9 heteroatoms. The number of ether oxygens (including phenoxy) is 3. The fourth-order valence-corrected chi connectivity index (χ4v) is 4.54. The van der Waals surface area contributed by atoms with Crippen LogP contribution in [0.1, 0.15) is 25.6 Å². The van der Waals surface area contributed by atoms with Crippen molar-refractivity contribution in [2.75, 3.05) is 5.32 Å². The maximum atomic E-state index is 10.3. The predicted octanol–water partition coefficient (Wildman–Crippen LogP) is 1.71. The molecule has 2 aliphatic heterocycles. The number of hydrogen-bond donors (Lipinski definition) is 2. The van der Waals surface area contributed by atoms with E-state index < -0.39 is 35.9 Å². The first-order chi connectivity index (χ1) is 14.4. The van der Waals surface area contributed by atoms with E-state index in [2.05, 4.69) is 26.2 Å². The predicted molar refractivity (Wildman–Crippen MR) is 106 cm³/mol. The molecule has 3 aromatic rings. The number of nitrogens with zero attached hydrogens (tertiary/aromatic N) is 4. The third-order valence-electron chi connectivity index (χ3n) is 5.83. The number of benzene rings is 1. The van der Waals surface area contributed by atoms with Gasteiger partial charge >= 0.3 is 0 Å². The number of nitrogens with one attached hydrogen (secondary N) is 1. The quantitative estimate of drug-likeness (QED) is 0.635. The van der Waals surface area contributed by atoms with E-state index in [1.807, 2.05) is 38.1 Å². The second-order valence-electron chi connectivity index (χ2n) is 8.18. The lowest BCUT2D eigenvalue weighted by molar-refractivity contribution is -0.183. The molecule has 2 saturated heterocycles. The summed E-state index contributed by atoms with van der Waals surface area (Å²) in [6.07, 6.45) is 6.48. The lowest BCUT2D eigenvalue weighted by atomic mass is 10.1. The molecule has 2 N–H and O–H groups in total. The minimum absolute atomic E-state index is 0.433. The lowest BCUT2D eigenvalue weighted by Crippen LogP contribution is -2.34. The van der Waals surface area contributed by atoms with Crippen molar-refractivity contribution in [1.82, 2.24) is 19.5 Å². The van der Waals surface area contributed by atoms with E-state index in [1.54, 1.807) is 10.9 Å². The summed E-state index contributed by atoms with van der Waals surface area (Å²) in [5.74, 6) is 2.36. The number of aliphatic hydroxyl groups is 1. The molecule has 30 heavy (non-hydrogen) atoms. The molecule has 4 heterocycles. The molecule has 1 aromatic carbocycles. The third-order valence-corrected chi connectivity index (χ3v) is 5.83. The van der Waals surface area contributed by atoms with Crippen LogP contribution in [0.4, 0.5) is 11.5 Å². The minimum atomic E-state index is -0.839. The van der Waals surface area contributed by atoms with E-state index in [1.165, 1.54) is 6.33 Å². The summed E-state index contributed by atoms with van der Waals surface area (Å²) in [7, 11) is 0. The van der Waals surface area contributed by atoms with Crippen molar-refractivity contribution in [2.45, 2.75) is 49.8 Å². The van der Waals surface area contributed by atoms with Gasteiger partial charge in [0.2, 0.25) is 0 Å². The van der Waals surface area contributed by atoms with Gasteiger partial charge < -0.3 is 24.6 Å². The minimum Gasteiger partial charge on any atom is -0.387 e. The number of hydrogen-bond acceptors (Lipinski definition) is 8. The second-order valence-corrected chi connectivity index (χ2v) is 8.18. The number of anilines is 2. The molecular weight excluding hydrogens is 386 g/mol. The molecule has 3 fully saturated rings. The van der Waals surface area contributed by atoms with E-state index in [-0.39, 0.29) is 0 Å². The third kappa shape index (κ3) is 2.30. The molecule has 1 unspecified atom stereocenters. The average molecular weight is 405 g/mol. The summed E-state index contributed by atoms with van der Waals surface area (Å²) in [4.78, 5) is 13.2. The summed E-state index contributed by atoms with van der Waals surface area (Å²) in [6.45, 7) is 3.67. The van der Waals surface area contributed by atoms with Gasteiger partial charge in [-0.2, -0.15) is 0 Å². The SMILES string of the molecule is C#Cc1cccc(Nc2ncnc3c2ncn3[C@@H]2O[C@@H]3C(O)[C@@]34OC(C)(C)O[C@@H]24)c1. The Bertz CT molecular complexity index is 1220. The van der Waals surface area contributed by atoms with Crippen molar-refractivity contribution in [2.24, 2.45) is 0 Å². The highest BCUT2D eigenvalue weighted by Gasteiger charge is 2.83. The lowest BCUT2D eigenvalue weighted by Gasteiger charge is -2.23. The van der Waals surface area contributed by atoms with Crippen LogP contribution in [0.25, 0.3) is 11.2 Å². The van der Waals surface area contributed by atoms with Gasteiger partial charge in [0, 0.05) is 11.3 Å². The van der Waals surface area contributed by atoms with Gasteiger partial charge in [-0.3, -0.25) is 4.57 Å². The van der Waals surface area contributed by atoms with Crippen LogP contribution in [0.2, 0.25) is 0 Å². The standard InChI is InChI=1S/C21H19N5O4/c1-4-11-6-5-7-12(8-11)25-17-13-18(23-9-22-17)26(10-24-13)19-16-21(14(27)15(21)28-19)30-20(2,3)29-16/h1,5-10,14-16,19,27H,2-3H3,(H,22,23,25)/t14?,15-,16+,19-,21-/m1/s1. The molecule has 1 aliphatic carbocycles. The van der Waals surface area contributed by atoms with Gasteiger partial charge in [-0.25, -0.2) is 15.0 Å². The molecule has 0 bridgehead atoms. The molecule has 2 aromatic heterocycles. The monoisotopic (exact) mass is 405 g/mol. The Kier molecular flexibility index (Phi) is 3.42. The molecule has 6 rings (SSSR count). The number of rotatable bonds is 3. The highest BCUT2D eigenvalue weighted by molar-refractivity contribution is 5.85. The largest absolute Gasteiger partial charge is 0.387 e. The first-order valence-corrected chi connectivity index (χ1v) is 9.66. The highest BCUT2D eigenvalue weighted by Crippen LogP contribution is 2.63. The maximum absolute atomic E-state index is 10.3. The smallest absolute Gasteiger partial charge is 0.167 e. The number of aliphatic hydroxyl groups excluding tert-OH is 1. The van der Waals surface area contributed by atoms with Crippen LogP contribution in [-0.4, -0.2) is 54.3 Å². The first-order valence-electron chi connectivity index (χ1n) is 9.66. The number of terminal acetylenes is 1. The average Bonchev–Trinajstić information content (AvgIpc) is 3.09. The van der Waals surface area contributed by atoms with Crippen LogP contribution in [0.5, 0.6) is 0 Å². The fraction of sp³-hybridized carbons (Fsp3) is 0.381. The van der Waals surface area contributed by atoms with Crippen molar-refractivity contribution in [1.29, 1.82) is 0 Å². The van der Waals surface area contributed by atoms with E-state index in [0.29, 0.717) is 17.0 Å². The number of imidazole rings is 1. The number of fused-ring (bicyclic) bond motifs is 1. The zero-order valence-corrected chi connectivity index (χ0v) is 16.3. The van der Waals surface area contributed by atoms with E-state index in [9.17, 15) is 5.11 Å². The van der Waals surface area contributed by atoms with Gasteiger partial charge in [-0.1, -0.05) is 12.0 Å². The maximum Gasteiger partial charge on any atom is 0.167 e. The van der Waals surface area contributed by atoms with Crippen LogP contribution >= 0.6 is 0 Å². The van der Waals surface area contributed by atoms with Crippen molar-refractivity contribution in [3.8, 4) is 12.3 Å². The van der Waals surface area contributed by atoms with Crippen LogP contribution in [-0.2, 0) is 14.2 Å². The van der Waals surface area contributed by atoms with E-state index in [0.717, 1.165) is 11.3 Å². The fourth-order valence-electron chi connectivity index (χ4n) is 4.54. The number of aromatic nitrogens is 4. The molecule has 0 radical (unpaired) electrons. The summed E-state index contributed by atoms with van der Waals surface area (Å²) in [6, 6.07) is 7.48. The molecule has 0 amide bonds. The Morgan fingerprint density at radius 1 is 1.23 bits per heavy atom. The van der Waals surface area contributed by atoms with Gasteiger partial charge in [-0.15, -0.1) is 6.42 Å². The second kappa shape index (κ2) is 5.77. The Hall–Kier alpha value is -3.03. The van der Waals surface area contributed by atoms with Crippen molar-refractivity contribution in [3.63, 3.8) is 0 Å². The van der Waals surface area contributed by atoms with Gasteiger partial charge in [0.25, 0.3) is 0 Å². The Balaban J connectivity index is 1.36. The first kappa shape index (κ1) is 17.8. The van der Waals surface area contributed by atoms with Crippen molar-refractivity contribution < 1.29 is 19.3 Å². The highest BCUT2D eigenvalue weighted by atomic mass is 16.8. The van der Waals surface area contributed by atoms with Gasteiger partial charge in [0.1, 0.15) is 24.6 Å². The summed E-state index contributed by atoms with van der Waals surface area (Å²) >= 11 is 0. The van der Waals surface area contributed by atoms with Gasteiger partial charge in [0.15, 0.2) is 34.6 Å². The van der Waals surface area contributed by atoms with Crippen LogP contribution in [0.3, 0.4) is 0 Å². The molecule has 5 atom stereocenters. The van der Waals surface area contributed by atoms with E-state index in [4.69, 9.17) is 20.6 Å². The zero-order chi connectivity index (χ0) is 20.7.